The van der Waals surface area contributed by atoms with Crippen molar-refractivity contribution in [1.82, 2.24) is 5.43 Å². The van der Waals surface area contributed by atoms with Gasteiger partial charge in [-0.15, -0.1) is 0 Å². The Bertz CT molecular complexity index is 437. The molecule has 0 bridgehead atoms. The van der Waals surface area contributed by atoms with Crippen LogP contribution >= 0.6 is 38.5 Å². The van der Waals surface area contributed by atoms with Gasteiger partial charge in [-0.05, 0) is 50.7 Å². The normalized spacial score (nSPS) is 10.4. The van der Waals surface area contributed by atoms with Crippen LogP contribution in [-0.4, -0.2) is 19.4 Å². The van der Waals surface area contributed by atoms with Crippen molar-refractivity contribution in [3.63, 3.8) is 0 Å². The summed E-state index contributed by atoms with van der Waals surface area (Å²) < 4.78 is 6.92. The quantitative estimate of drug-likeness (QED) is 0.465. The standard InChI is InChI=1S/C9H9BrIN3O2/c1-16-8-3-6(10)5(2-7(8)11)4-13-14-9(12)15/h2-4H,1H3,(H3,12,14,15). The minimum Gasteiger partial charge on any atom is -0.496 e. The molecule has 1 rings (SSSR count). The first-order chi connectivity index (χ1) is 7.54. The summed E-state index contributed by atoms with van der Waals surface area (Å²) in [6.07, 6.45) is 1.50. The summed E-state index contributed by atoms with van der Waals surface area (Å²) in [5.41, 5.74) is 7.81. The van der Waals surface area contributed by atoms with Gasteiger partial charge < -0.3 is 10.5 Å². The van der Waals surface area contributed by atoms with Gasteiger partial charge in [0.15, 0.2) is 0 Å². The number of nitrogens with two attached hydrogens (primary N) is 1. The molecular formula is C9H9BrIN3O2. The first-order valence-corrected chi connectivity index (χ1v) is 6.03. The van der Waals surface area contributed by atoms with Gasteiger partial charge in [0, 0.05) is 10.0 Å². The molecule has 0 aromatic heterocycles. The molecule has 5 nitrogen and oxygen atoms in total. The average Bonchev–Trinajstić information content (AvgIpc) is 2.22. The van der Waals surface area contributed by atoms with Gasteiger partial charge in [-0.1, -0.05) is 0 Å². The fraction of sp³-hybridized carbons (Fsp3) is 0.111. The molecule has 0 radical (unpaired) electrons. The number of nitrogens with one attached hydrogen (secondary N) is 1. The Morgan fingerprint density at radius 1 is 1.69 bits per heavy atom. The highest BCUT2D eigenvalue weighted by Gasteiger charge is 2.05. The Morgan fingerprint density at radius 2 is 2.38 bits per heavy atom. The van der Waals surface area contributed by atoms with E-state index >= 15 is 0 Å². The third-order valence-electron chi connectivity index (χ3n) is 1.65. The molecule has 0 aliphatic carbocycles. The molecule has 0 aliphatic rings. The number of hydrazone groups is 1. The molecule has 2 amide bonds. The molecule has 0 atom stereocenters. The predicted octanol–water partition coefficient (Wildman–Crippen LogP) is 2.06. The molecule has 0 saturated heterocycles. The highest BCUT2D eigenvalue weighted by atomic mass is 127. The van der Waals surface area contributed by atoms with Crippen LogP contribution in [0.15, 0.2) is 21.7 Å². The molecule has 0 aliphatic heterocycles. The van der Waals surface area contributed by atoms with E-state index in [9.17, 15) is 4.79 Å². The lowest BCUT2D eigenvalue weighted by Crippen LogP contribution is -2.24. The topological polar surface area (TPSA) is 76.7 Å². The van der Waals surface area contributed by atoms with Crippen molar-refractivity contribution in [3.05, 3.63) is 25.7 Å². The number of rotatable bonds is 3. The van der Waals surface area contributed by atoms with E-state index in [0.717, 1.165) is 19.4 Å². The number of hydrogen-bond donors (Lipinski definition) is 2. The van der Waals surface area contributed by atoms with Crippen molar-refractivity contribution in [3.8, 4) is 5.75 Å². The van der Waals surface area contributed by atoms with Crippen LogP contribution in [0.3, 0.4) is 0 Å². The van der Waals surface area contributed by atoms with Crippen LogP contribution in [0.2, 0.25) is 0 Å². The fourth-order valence-corrected chi connectivity index (χ4v) is 2.10. The van der Waals surface area contributed by atoms with E-state index in [0.29, 0.717) is 0 Å². The summed E-state index contributed by atoms with van der Waals surface area (Å²) in [6.45, 7) is 0. The first-order valence-electron chi connectivity index (χ1n) is 4.16. The van der Waals surface area contributed by atoms with Crippen LogP contribution in [-0.2, 0) is 0 Å². The van der Waals surface area contributed by atoms with E-state index in [-0.39, 0.29) is 0 Å². The van der Waals surface area contributed by atoms with Gasteiger partial charge in [-0.3, -0.25) is 0 Å². The highest BCUT2D eigenvalue weighted by Crippen LogP contribution is 2.27. The zero-order chi connectivity index (χ0) is 12.1. The molecular weight excluding hydrogens is 389 g/mol. The third kappa shape index (κ3) is 3.63. The average molecular weight is 398 g/mol. The zero-order valence-corrected chi connectivity index (χ0v) is 12.1. The second-order valence-electron chi connectivity index (χ2n) is 2.74. The molecule has 1 aromatic carbocycles. The fourth-order valence-electron chi connectivity index (χ4n) is 0.965. The Balaban J connectivity index is 2.93. The molecule has 0 heterocycles. The van der Waals surface area contributed by atoms with Crippen molar-refractivity contribution >= 4 is 50.8 Å². The van der Waals surface area contributed by atoms with E-state index < -0.39 is 6.03 Å². The molecule has 0 spiro atoms. The zero-order valence-electron chi connectivity index (χ0n) is 8.33. The highest BCUT2D eigenvalue weighted by molar-refractivity contribution is 14.1. The van der Waals surface area contributed by atoms with E-state index in [1.165, 1.54) is 6.21 Å². The second kappa shape index (κ2) is 6.04. The number of hydrogen-bond acceptors (Lipinski definition) is 3. The largest absolute Gasteiger partial charge is 0.496 e. The van der Waals surface area contributed by atoms with Crippen molar-refractivity contribution in [2.45, 2.75) is 0 Å². The minimum atomic E-state index is -0.699. The van der Waals surface area contributed by atoms with Crippen molar-refractivity contribution in [1.29, 1.82) is 0 Å². The van der Waals surface area contributed by atoms with Gasteiger partial charge in [0.25, 0.3) is 0 Å². The first kappa shape index (κ1) is 13.2. The molecule has 0 saturated carbocycles. The molecule has 1 aromatic rings. The third-order valence-corrected chi connectivity index (χ3v) is 3.18. The molecule has 86 valence electrons. The van der Waals surface area contributed by atoms with Crippen molar-refractivity contribution < 1.29 is 9.53 Å². The van der Waals surface area contributed by atoms with Gasteiger partial charge in [-0.25, -0.2) is 10.2 Å². The number of amides is 2. The van der Waals surface area contributed by atoms with Crippen LogP contribution in [0.4, 0.5) is 4.79 Å². The maximum absolute atomic E-state index is 10.4. The number of halogens is 2. The van der Waals surface area contributed by atoms with Crippen LogP contribution in [0.25, 0.3) is 0 Å². The van der Waals surface area contributed by atoms with Crippen LogP contribution in [0, 0.1) is 3.57 Å². The Hall–Kier alpha value is -0.830. The lowest BCUT2D eigenvalue weighted by molar-refractivity contribution is 0.249. The number of benzene rings is 1. The van der Waals surface area contributed by atoms with Crippen molar-refractivity contribution in [2.24, 2.45) is 10.8 Å². The molecule has 16 heavy (non-hydrogen) atoms. The van der Waals surface area contributed by atoms with Gasteiger partial charge in [0.05, 0.1) is 16.9 Å². The molecule has 0 fully saturated rings. The summed E-state index contributed by atoms with van der Waals surface area (Å²) in [7, 11) is 1.60. The maximum atomic E-state index is 10.4. The smallest absolute Gasteiger partial charge is 0.332 e. The summed E-state index contributed by atoms with van der Waals surface area (Å²) in [5.74, 6) is 0.771. The maximum Gasteiger partial charge on any atom is 0.332 e. The van der Waals surface area contributed by atoms with Crippen LogP contribution in [0.5, 0.6) is 5.75 Å². The summed E-state index contributed by atoms with van der Waals surface area (Å²) in [6, 6.07) is 3.00. The minimum absolute atomic E-state index is 0.699. The van der Waals surface area contributed by atoms with Gasteiger partial charge >= 0.3 is 6.03 Å². The summed E-state index contributed by atoms with van der Waals surface area (Å²) >= 11 is 5.52. The number of carbonyl (C=O) groups excluding carboxylic acids is 1. The molecule has 3 N–H and O–H groups in total. The van der Waals surface area contributed by atoms with E-state index in [1.807, 2.05) is 12.1 Å². The monoisotopic (exact) mass is 397 g/mol. The van der Waals surface area contributed by atoms with E-state index in [4.69, 9.17) is 10.5 Å². The number of primary amides is 1. The molecule has 0 unspecified atom stereocenters. The predicted molar refractivity (Wildman–Crippen MR) is 73.7 cm³/mol. The number of ether oxygens (including phenoxy) is 1. The van der Waals surface area contributed by atoms with Gasteiger partial charge in [0.2, 0.25) is 0 Å². The SMILES string of the molecule is COc1cc(Br)c(C=NNC(N)=O)cc1I. The number of carbonyl (C=O) groups is 1. The summed E-state index contributed by atoms with van der Waals surface area (Å²) in [5, 5.41) is 3.67. The van der Waals surface area contributed by atoms with Crippen LogP contribution < -0.4 is 15.9 Å². The Morgan fingerprint density at radius 3 is 2.94 bits per heavy atom. The van der Waals surface area contributed by atoms with Gasteiger partial charge in [0.1, 0.15) is 5.75 Å². The van der Waals surface area contributed by atoms with Crippen LogP contribution in [0.1, 0.15) is 5.56 Å². The lowest BCUT2D eigenvalue weighted by atomic mass is 10.2. The number of methoxy groups -OCH3 is 1. The van der Waals surface area contributed by atoms with E-state index in [1.54, 1.807) is 7.11 Å². The lowest BCUT2D eigenvalue weighted by Gasteiger charge is -2.05. The van der Waals surface area contributed by atoms with E-state index in [2.05, 4.69) is 49.0 Å². The molecule has 7 heteroatoms. The van der Waals surface area contributed by atoms with Crippen molar-refractivity contribution in [2.75, 3.05) is 7.11 Å². The second-order valence-corrected chi connectivity index (χ2v) is 4.76. The number of nitrogens with zero attached hydrogens (tertiary/aromatic N) is 1. The summed E-state index contributed by atoms with van der Waals surface area (Å²) in [4.78, 5) is 10.4. The van der Waals surface area contributed by atoms with Gasteiger partial charge in [-0.2, -0.15) is 5.10 Å². The Kier molecular flexibility index (Phi) is 5.00. The number of urea groups is 1. The Labute approximate surface area is 115 Å².